The number of aliphatic hydroxyl groups excluding tert-OH is 1. The number of halogens is 1. The lowest BCUT2D eigenvalue weighted by molar-refractivity contribution is 0.0889. The van der Waals surface area contributed by atoms with Crippen LogP contribution in [0, 0.1) is 12.8 Å². The molecule has 2 N–H and O–H groups in total. The van der Waals surface area contributed by atoms with E-state index in [4.69, 9.17) is 11.6 Å². The van der Waals surface area contributed by atoms with Gasteiger partial charge in [-0.15, -0.1) is 0 Å². The lowest BCUT2D eigenvalue weighted by Crippen LogP contribution is -2.35. The van der Waals surface area contributed by atoms with Crippen molar-refractivity contribution in [3.63, 3.8) is 0 Å². The average molecular weight is 258 g/mol. The second-order valence-electron chi connectivity index (χ2n) is 4.84. The van der Waals surface area contributed by atoms with Crippen molar-refractivity contribution in [3.8, 4) is 0 Å². The Morgan fingerprint density at radius 2 is 2.18 bits per heavy atom. The molecular formula is C12H20ClN3O. The Kier molecular flexibility index (Phi) is 4.07. The van der Waals surface area contributed by atoms with Gasteiger partial charge in [0.05, 0.1) is 11.8 Å². The maximum Gasteiger partial charge on any atom is 0.130 e. The number of aryl methyl sites for hydroxylation is 2. The highest BCUT2D eigenvalue weighted by atomic mass is 35.5. The van der Waals surface area contributed by atoms with Crippen molar-refractivity contribution in [2.24, 2.45) is 13.0 Å². The maximum absolute atomic E-state index is 10.3. The van der Waals surface area contributed by atoms with Gasteiger partial charge in [-0.1, -0.05) is 11.6 Å². The van der Waals surface area contributed by atoms with Crippen molar-refractivity contribution in [3.05, 3.63) is 16.4 Å². The van der Waals surface area contributed by atoms with Crippen LogP contribution in [0.25, 0.3) is 0 Å². The number of nitrogens with one attached hydrogen (secondary N) is 1. The molecule has 0 saturated carbocycles. The summed E-state index contributed by atoms with van der Waals surface area (Å²) in [4.78, 5) is 0. The van der Waals surface area contributed by atoms with Gasteiger partial charge >= 0.3 is 0 Å². The molecule has 17 heavy (non-hydrogen) atoms. The van der Waals surface area contributed by atoms with Crippen LogP contribution in [-0.2, 0) is 13.5 Å². The molecule has 5 heteroatoms. The zero-order chi connectivity index (χ0) is 12.4. The third-order valence-corrected chi connectivity index (χ3v) is 4.08. The molecule has 1 atom stereocenters. The van der Waals surface area contributed by atoms with Gasteiger partial charge in [-0.2, -0.15) is 5.10 Å². The second kappa shape index (κ2) is 5.38. The standard InChI is InChI=1S/C12H20ClN3O/c1-8-10(12(13)16(2)15-8)7-11(17)9-3-5-14-6-4-9/h9,11,14,17H,3-7H2,1-2H3. The molecule has 0 aliphatic carbocycles. The Bertz CT molecular complexity index is 385. The van der Waals surface area contributed by atoms with Crippen molar-refractivity contribution in [2.75, 3.05) is 13.1 Å². The van der Waals surface area contributed by atoms with Gasteiger partial charge in [-0.3, -0.25) is 4.68 Å². The van der Waals surface area contributed by atoms with Gasteiger partial charge < -0.3 is 10.4 Å². The summed E-state index contributed by atoms with van der Waals surface area (Å²) < 4.78 is 1.67. The molecule has 0 bridgehead atoms. The minimum absolute atomic E-state index is 0.308. The lowest BCUT2D eigenvalue weighted by atomic mass is 9.89. The van der Waals surface area contributed by atoms with E-state index < -0.39 is 0 Å². The van der Waals surface area contributed by atoms with Gasteiger partial charge in [0.1, 0.15) is 5.15 Å². The molecule has 0 aromatic carbocycles. The van der Waals surface area contributed by atoms with E-state index in [9.17, 15) is 5.11 Å². The van der Waals surface area contributed by atoms with E-state index in [-0.39, 0.29) is 6.10 Å². The maximum atomic E-state index is 10.3. The van der Waals surface area contributed by atoms with Crippen LogP contribution in [0.5, 0.6) is 0 Å². The molecule has 0 spiro atoms. The van der Waals surface area contributed by atoms with E-state index in [2.05, 4.69) is 10.4 Å². The summed E-state index contributed by atoms with van der Waals surface area (Å²) in [5, 5.41) is 18.5. The van der Waals surface area contributed by atoms with Crippen LogP contribution >= 0.6 is 11.6 Å². The molecule has 1 saturated heterocycles. The first-order chi connectivity index (χ1) is 8.09. The van der Waals surface area contributed by atoms with Gasteiger partial charge in [-0.25, -0.2) is 0 Å². The van der Waals surface area contributed by atoms with E-state index in [0.717, 1.165) is 37.2 Å². The first-order valence-corrected chi connectivity index (χ1v) is 6.54. The van der Waals surface area contributed by atoms with Crippen molar-refractivity contribution in [2.45, 2.75) is 32.3 Å². The molecular weight excluding hydrogens is 238 g/mol. The minimum Gasteiger partial charge on any atom is -0.392 e. The van der Waals surface area contributed by atoms with Crippen LogP contribution in [0.3, 0.4) is 0 Å². The van der Waals surface area contributed by atoms with E-state index in [0.29, 0.717) is 17.5 Å². The summed E-state index contributed by atoms with van der Waals surface area (Å²) in [6, 6.07) is 0. The Hall–Kier alpha value is -0.580. The SMILES string of the molecule is Cc1nn(C)c(Cl)c1CC(O)C1CCNCC1. The van der Waals surface area contributed by atoms with E-state index in [1.54, 1.807) is 4.68 Å². The first kappa shape index (κ1) is 12.9. The Balaban J connectivity index is 2.04. The normalized spacial score (nSPS) is 19.5. The number of piperidine rings is 1. The largest absolute Gasteiger partial charge is 0.392 e. The Labute approximate surface area is 107 Å². The quantitative estimate of drug-likeness (QED) is 0.858. The molecule has 1 fully saturated rings. The molecule has 96 valence electrons. The van der Waals surface area contributed by atoms with Crippen LogP contribution in [0.2, 0.25) is 5.15 Å². The van der Waals surface area contributed by atoms with Crippen molar-refractivity contribution < 1.29 is 5.11 Å². The number of aromatic nitrogens is 2. The predicted molar refractivity (Wildman–Crippen MR) is 68.3 cm³/mol. The van der Waals surface area contributed by atoms with Crippen molar-refractivity contribution >= 4 is 11.6 Å². The fraction of sp³-hybridized carbons (Fsp3) is 0.750. The monoisotopic (exact) mass is 257 g/mol. The number of hydrogen-bond donors (Lipinski definition) is 2. The highest BCUT2D eigenvalue weighted by molar-refractivity contribution is 6.30. The summed E-state index contributed by atoms with van der Waals surface area (Å²) in [6.45, 7) is 3.94. The molecule has 2 heterocycles. The van der Waals surface area contributed by atoms with Crippen LogP contribution in [0.15, 0.2) is 0 Å². The predicted octanol–water partition coefficient (Wildman–Crippen LogP) is 1.28. The Morgan fingerprint density at radius 1 is 1.53 bits per heavy atom. The van der Waals surface area contributed by atoms with Crippen LogP contribution < -0.4 is 5.32 Å². The highest BCUT2D eigenvalue weighted by Gasteiger charge is 2.24. The van der Waals surface area contributed by atoms with Crippen LogP contribution in [0.4, 0.5) is 0 Å². The summed E-state index contributed by atoms with van der Waals surface area (Å²) in [5.74, 6) is 0.381. The second-order valence-corrected chi connectivity index (χ2v) is 5.20. The molecule has 0 radical (unpaired) electrons. The van der Waals surface area contributed by atoms with Crippen LogP contribution in [0.1, 0.15) is 24.1 Å². The molecule has 1 aromatic rings. The van der Waals surface area contributed by atoms with Crippen molar-refractivity contribution in [1.29, 1.82) is 0 Å². The van der Waals surface area contributed by atoms with Crippen LogP contribution in [-0.4, -0.2) is 34.1 Å². The fourth-order valence-electron chi connectivity index (χ4n) is 2.51. The summed E-state index contributed by atoms with van der Waals surface area (Å²) in [5.41, 5.74) is 1.91. The molecule has 2 rings (SSSR count). The molecule has 1 unspecified atom stereocenters. The fourth-order valence-corrected chi connectivity index (χ4v) is 2.76. The molecule has 1 aliphatic rings. The number of nitrogens with zero attached hydrogens (tertiary/aromatic N) is 2. The third kappa shape index (κ3) is 2.81. The minimum atomic E-state index is -0.308. The topological polar surface area (TPSA) is 50.1 Å². The lowest BCUT2D eigenvalue weighted by Gasteiger charge is -2.27. The first-order valence-electron chi connectivity index (χ1n) is 6.16. The van der Waals surface area contributed by atoms with Gasteiger partial charge in [0.2, 0.25) is 0 Å². The molecule has 1 aromatic heterocycles. The third-order valence-electron chi connectivity index (χ3n) is 3.61. The summed E-state index contributed by atoms with van der Waals surface area (Å²) in [6.07, 6.45) is 2.39. The summed E-state index contributed by atoms with van der Waals surface area (Å²) >= 11 is 6.17. The van der Waals surface area contributed by atoms with Gasteiger partial charge in [0, 0.05) is 19.0 Å². The number of hydrogen-bond acceptors (Lipinski definition) is 3. The zero-order valence-electron chi connectivity index (χ0n) is 10.4. The van der Waals surface area contributed by atoms with E-state index in [1.165, 1.54) is 0 Å². The van der Waals surface area contributed by atoms with Gasteiger partial charge in [0.25, 0.3) is 0 Å². The van der Waals surface area contributed by atoms with E-state index >= 15 is 0 Å². The number of rotatable bonds is 3. The molecule has 1 aliphatic heterocycles. The van der Waals surface area contributed by atoms with Gasteiger partial charge in [-0.05, 0) is 38.8 Å². The van der Waals surface area contributed by atoms with Gasteiger partial charge in [0.15, 0.2) is 0 Å². The summed E-state index contributed by atoms with van der Waals surface area (Å²) in [7, 11) is 1.83. The smallest absolute Gasteiger partial charge is 0.130 e. The Morgan fingerprint density at radius 3 is 2.71 bits per heavy atom. The van der Waals surface area contributed by atoms with Crippen molar-refractivity contribution in [1.82, 2.24) is 15.1 Å². The average Bonchev–Trinajstić information content (AvgIpc) is 2.57. The highest BCUT2D eigenvalue weighted by Crippen LogP contribution is 2.25. The van der Waals surface area contributed by atoms with E-state index in [1.807, 2.05) is 14.0 Å². The number of aliphatic hydroxyl groups is 1. The molecule has 0 amide bonds. The molecule has 4 nitrogen and oxygen atoms in total. The zero-order valence-corrected chi connectivity index (χ0v) is 11.2.